The standard InChI is InChI=1S/C31H28F2N3O6PS/c32-25-17-18-28(33)27(21-25)29-34-36(31(44-29,24-13-6-2-7-14-24)19-10-20-42-43(38,39)40)30(37)35(26-15-8-3-9-16-26)41-22-23-11-4-1-5-12-23/h1-9,11-18,21H,10,19-20,22H2,(H2,38,39,40). The van der Waals surface area contributed by atoms with E-state index in [2.05, 4.69) is 9.63 Å². The Hall–Kier alpha value is -3.90. The van der Waals surface area contributed by atoms with Crippen LogP contribution in [-0.2, 0) is 25.4 Å². The van der Waals surface area contributed by atoms with Crippen LogP contribution >= 0.6 is 19.6 Å². The summed E-state index contributed by atoms with van der Waals surface area (Å²) in [6.45, 7) is -0.302. The molecule has 0 spiro atoms. The number of thioether (sulfide) groups is 1. The van der Waals surface area contributed by atoms with Crippen LogP contribution in [-0.4, -0.2) is 32.5 Å². The monoisotopic (exact) mass is 639 g/mol. The van der Waals surface area contributed by atoms with E-state index in [1.54, 1.807) is 60.7 Å². The predicted molar refractivity (Wildman–Crippen MR) is 163 cm³/mol. The topological polar surface area (TPSA) is 112 Å². The number of hydrogen-bond donors (Lipinski definition) is 2. The van der Waals surface area contributed by atoms with E-state index in [1.165, 1.54) is 0 Å². The maximum Gasteiger partial charge on any atom is 0.469 e. The Bertz CT molecular complexity index is 1660. The Morgan fingerprint density at radius 1 is 0.932 bits per heavy atom. The first-order valence-corrected chi connectivity index (χ1v) is 15.9. The summed E-state index contributed by atoms with van der Waals surface area (Å²) in [5.74, 6) is -1.43. The van der Waals surface area contributed by atoms with E-state index in [9.17, 15) is 23.5 Å². The van der Waals surface area contributed by atoms with Crippen LogP contribution in [0.5, 0.6) is 0 Å². The zero-order valence-corrected chi connectivity index (χ0v) is 24.9. The largest absolute Gasteiger partial charge is 0.469 e. The van der Waals surface area contributed by atoms with Crippen LogP contribution in [0.1, 0.15) is 29.5 Å². The van der Waals surface area contributed by atoms with Crippen molar-refractivity contribution in [3.8, 4) is 0 Å². The molecule has 9 nitrogen and oxygen atoms in total. The number of hydrazone groups is 1. The highest BCUT2D eigenvalue weighted by molar-refractivity contribution is 8.15. The summed E-state index contributed by atoms with van der Waals surface area (Å²) < 4.78 is 45.4. The van der Waals surface area contributed by atoms with Gasteiger partial charge in [0.25, 0.3) is 0 Å². The summed E-state index contributed by atoms with van der Waals surface area (Å²) in [6, 6.07) is 28.9. The number of phosphoric ester groups is 1. The Kier molecular flexibility index (Phi) is 9.90. The first-order chi connectivity index (χ1) is 21.2. The number of carbonyl (C=O) groups excluding carboxylic acids is 1. The number of anilines is 1. The molecule has 4 aromatic carbocycles. The molecule has 1 aliphatic rings. The molecule has 0 aliphatic carbocycles. The molecule has 0 radical (unpaired) electrons. The van der Waals surface area contributed by atoms with Crippen molar-refractivity contribution in [2.75, 3.05) is 11.7 Å². The number of hydrogen-bond acceptors (Lipinski definition) is 6. The molecule has 1 unspecified atom stereocenters. The van der Waals surface area contributed by atoms with E-state index in [-0.39, 0.29) is 36.7 Å². The van der Waals surface area contributed by atoms with E-state index in [0.29, 0.717) is 11.3 Å². The number of hydroxylamine groups is 1. The molecular formula is C31H28F2N3O6PS. The van der Waals surface area contributed by atoms with Gasteiger partial charge < -0.3 is 9.79 Å². The number of halogens is 2. The molecule has 4 aromatic rings. The predicted octanol–water partition coefficient (Wildman–Crippen LogP) is 7.18. The zero-order valence-electron chi connectivity index (χ0n) is 23.2. The molecule has 44 heavy (non-hydrogen) atoms. The van der Waals surface area contributed by atoms with Gasteiger partial charge in [-0.2, -0.15) is 15.2 Å². The van der Waals surface area contributed by atoms with Crippen molar-refractivity contribution >= 4 is 36.3 Å². The van der Waals surface area contributed by atoms with Gasteiger partial charge in [-0.15, -0.1) is 0 Å². The Morgan fingerprint density at radius 2 is 1.57 bits per heavy atom. The van der Waals surface area contributed by atoms with Crippen molar-refractivity contribution in [3.05, 3.63) is 138 Å². The second-order valence-electron chi connectivity index (χ2n) is 9.69. The lowest BCUT2D eigenvalue weighted by Gasteiger charge is -2.38. The van der Waals surface area contributed by atoms with E-state index < -0.39 is 30.4 Å². The van der Waals surface area contributed by atoms with Gasteiger partial charge in [0, 0.05) is 5.56 Å². The quantitative estimate of drug-likeness (QED) is 0.102. The fourth-order valence-electron chi connectivity index (χ4n) is 4.64. The van der Waals surface area contributed by atoms with Crippen molar-refractivity contribution in [2.45, 2.75) is 24.3 Å². The van der Waals surface area contributed by atoms with Crippen molar-refractivity contribution < 1.29 is 37.3 Å². The van der Waals surface area contributed by atoms with Crippen LogP contribution in [0.25, 0.3) is 0 Å². The molecule has 2 amide bonds. The number of carbonyl (C=O) groups is 1. The summed E-state index contributed by atoms with van der Waals surface area (Å²) in [5, 5.41) is 6.84. The number of benzene rings is 4. The molecule has 0 aromatic heterocycles. The SMILES string of the molecule is O=C(N(OCc1ccccc1)c1ccccc1)N1N=C(c2cc(F)ccc2F)SC1(CCCOP(=O)(O)O)c1ccccc1. The zero-order chi connectivity index (χ0) is 31.2. The highest BCUT2D eigenvalue weighted by Gasteiger charge is 2.50. The lowest BCUT2D eigenvalue weighted by atomic mass is 10.0. The van der Waals surface area contributed by atoms with Gasteiger partial charge in [-0.05, 0) is 54.3 Å². The Morgan fingerprint density at radius 3 is 2.23 bits per heavy atom. The Labute approximate surface area is 256 Å². The lowest BCUT2D eigenvalue weighted by molar-refractivity contribution is 0.0780. The van der Waals surface area contributed by atoms with Gasteiger partial charge in [0.05, 0.1) is 12.3 Å². The highest BCUT2D eigenvalue weighted by Crippen LogP contribution is 2.51. The average Bonchev–Trinajstić information content (AvgIpc) is 3.42. The smallest absolute Gasteiger partial charge is 0.303 e. The van der Waals surface area contributed by atoms with Crippen LogP contribution in [0.3, 0.4) is 0 Å². The number of para-hydroxylation sites is 1. The first kappa shape index (κ1) is 31.5. The van der Waals surface area contributed by atoms with Crippen molar-refractivity contribution in [1.29, 1.82) is 0 Å². The van der Waals surface area contributed by atoms with Gasteiger partial charge >= 0.3 is 13.9 Å². The molecule has 0 saturated heterocycles. The minimum absolute atomic E-state index is 0.0335. The summed E-state index contributed by atoms with van der Waals surface area (Å²) in [5.41, 5.74) is 1.63. The number of nitrogens with zero attached hydrogens (tertiary/aromatic N) is 3. The maximum absolute atomic E-state index is 15.1. The van der Waals surface area contributed by atoms with Crippen LogP contribution in [0.2, 0.25) is 0 Å². The molecule has 0 bridgehead atoms. The summed E-state index contributed by atoms with van der Waals surface area (Å²) in [4.78, 5) is 37.7. The number of phosphoric acid groups is 1. The third kappa shape index (κ3) is 7.41. The fraction of sp³-hybridized carbons (Fsp3) is 0.161. The van der Waals surface area contributed by atoms with Crippen LogP contribution in [0, 0.1) is 11.6 Å². The molecule has 1 aliphatic heterocycles. The lowest BCUT2D eigenvalue weighted by Crippen LogP contribution is -2.48. The van der Waals surface area contributed by atoms with Gasteiger partial charge in [0.2, 0.25) is 0 Å². The van der Waals surface area contributed by atoms with Gasteiger partial charge in [-0.25, -0.2) is 18.1 Å². The molecule has 228 valence electrons. The van der Waals surface area contributed by atoms with Crippen LogP contribution in [0.4, 0.5) is 19.3 Å². The second kappa shape index (κ2) is 13.8. The van der Waals surface area contributed by atoms with Gasteiger partial charge in [0.1, 0.15) is 28.2 Å². The second-order valence-corrected chi connectivity index (χ2v) is 12.2. The fourth-order valence-corrected chi connectivity index (χ4v) is 6.42. The molecule has 0 saturated carbocycles. The third-order valence-corrected chi connectivity index (χ3v) is 8.61. The normalized spacial score (nSPS) is 16.5. The molecular weight excluding hydrogens is 611 g/mol. The van der Waals surface area contributed by atoms with Crippen LogP contribution < -0.4 is 5.06 Å². The van der Waals surface area contributed by atoms with Crippen molar-refractivity contribution in [1.82, 2.24) is 5.01 Å². The molecule has 0 fully saturated rings. The van der Waals surface area contributed by atoms with E-state index in [1.807, 2.05) is 30.3 Å². The van der Waals surface area contributed by atoms with Crippen LogP contribution in [0.15, 0.2) is 114 Å². The molecule has 1 atom stereocenters. The first-order valence-electron chi connectivity index (χ1n) is 13.5. The van der Waals surface area contributed by atoms with Crippen molar-refractivity contribution in [2.24, 2.45) is 5.10 Å². The number of amides is 2. The highest BCUT2D eigenvalue weighted by atomic mass is 32.2. The molecule has 5 rings (SSSR count). The average molecular weight is 640 g/mol. The maximum atomic E-state index is 15.1. The van der Waals surface area contributed by atoms with Gasteiger partial charge in [0.15, 0.2) is 0 Å². The molecule has 13 heteroatoms. The minimum atomic E-state index is -4.76. The third-order valence-electron chi connectivity index (χ3n) is 6.65. The van der Waals surface area contributed by atoms with E-state index in [0.717, 1.165) is 45.6 Å². The number of rotatable bonds is 11. The molecule has 1 heterocycles. The van der Waals surface area contributed by atoms with Crippen molar-refractivity contribution in [3.63, 3.8) is 0 Å². The number of urea groups is 1. The van der Waals surface area contributed by atoms with Gasteiger partial charge in [-0.1, -0.05) is 90.6 Å². The Balaban J connectivity index is 1.60. The van der Waals surface area contributed by atoms with E-state index >= 15 is 4.39 Å². The summed E-state index contributed by atoms with van der Waals surface area (Å²) >= 11 is 1.03. The molecule has 2 N–H and O–H groups in total. The summed E-state index contributed by atoms with van der Waals surface area (Å²) in [7, 11) is -4.76. The van der Waals surface area contributed by atoms with E-state index in [4.69, 9.17) is 4.84 Å². The summed E-state index contributed by atoms with van der Waals surface area (Å²) in [6.07, 6.45) is 0.139. The van der Waals surface area contributed by atoms with Gasteiger partial charge in [-0.3, -0.25) is 9.36 Å². The minimum Gasteiger partial charge on any atom is -0.303 e.